The number of hydrogen-bond donors (Lipinski definition) is 5. The van der Waals surface area contributed by atoms with Crippen LogP contribution in [-0.2, 0) is 45.2 Å². The molecule has 3 aromatic heterocycles. The van der Waals surface area contributed by atoms with Gasteiger partial charge in [0.05, 0.1) is 57.1 Å². The van der Waals surface area contributed by atoms with Crippen LogP contribution in [0.25, 0.3) is 20.9 Å². The minimum absolute atomic E-state index is 0.00852. The van der Waals surface area contributed by atoms with E-state index in [-0.39, 0.29) is 75.1 Å². The van der Waals surface area contributed by atoms with Crippen molar-refractivity contribution in [3.8, 4) is 20.9 Å². The number of fused-ring (bicyclic) bond motifs is 1. The number of carbonyl (C=O) groups excluding carboxylic acids is 5. The van der Waals surface area contributed by atoms with Gasteiger partial charge < -0.3 is 45.2 Å². The largest absolute Gasteiger partial charge is 0.393 e. The Bertz CT molecular complexity index is 3010. The maximum Gasteiger partial charge on any atom is 0.255 e. The van der Waals surface area contributed by atoms with Gasteiger partial charge in [-0.05, 0) is 72.4 Å². The summed E-state index contributed by atoms with van der Waals surface area (Å²) in [7, 11) is 0. The number of aryl methyl sites for hydroxylation is 3. The average molecular weight is 1040 g/mol. The van der Waals surface area contributed by atoms with Crippen molar-refractivity contribution in [1.82, 2.24) is 40.5 Å². The summed E-state index contributed by atoms with van der Waals surface area (Å²) in [6.45, 7) is 9.16. The Morgan fingerprint density at radius 2 is 1.47 bits per heavy atom. The first-order valence-corrected chi connectivity index (χ1v) is 26.8. The summed E-state index contributed by atoms with van der Waals surface area (Å²) in [5, 5.41) is 42.2. The molecule has 2 fully saturated rings. The number of nitrogens with one attached hydrogen (secondary N) is 2. The van der Waals surface area contributed by atoms with Crippen molar-refractivity contribution in [3.05, 3.63) is 135 Å². The number of carbonyl (C=O) groups is 5. The van der Waals surface area contributed by atoms with Gasteiger partial charge in [-0.2, -0.15) is 0 Å². The fourth-order valence-corrected chi connectivity index (χ4v) is 12.3. The SMILES string of the molecule is Cc1cc([C@H](C(=O)N2C[C@H](O)C[C@H]2C(=O)NCc2ccc(-c3scnc3C)cc2)[C@H](C)CCc2ncsc2-c2ccc(CNC(=O)[C@@H]3C[C@@](O)(CO)CN3C(=O)[C@H](C(C)C)N3Cc4ccccc4C3=O)cc2)on1. The Labute approximate surface area is 437 Å². The Hall–Kier alpha value is -6.64. The van der Waals surface area contributed by atoms with Crippen LogP contribution in [0.2, 0.25) is 0 Å². The zero-order valence-electron chi connectivity index (χ0n) is 42.1. The molecule has 0 aliphatic carbocycles. The molecule has 6 aromatic rings. The van der Waals surface area contributed by atoms with Gasteiger partial charge in [-0.15, -0.1) is 22.7 Å². The van der Waals surface area contributed by atoms with Gasteiger partial charge in [-0.25, -0.2) is 9.97 Å². The lowest BCUT2D eigenvalue weighted by atomic mass is 9.85. The molecule has 388 valence electrons. The first-order chi connectivity index (χ1) is 35.5. The van der Waals surface area contributed by atoms with Crippen LogP contribution in [-0.4, -0.2) is 124 Å². The number of benzene rings is 3. The van der Waals surface area contributed by atoms with Gasteiger partial charge in [0, 0.05) is 50.7 Å². The molecule has 6 heterocycles. The van der Waals surface area contributed by atoms with Crippen LogP contribution >= 0.6 is 22.7 Å². The van der Waals surface area contributed by atoms with E-state index < -0.39 is 54.2 Å². The van der Waals surface area contributed by atoms with E-state index in [0.29, 0.717) is 29.9 Å². The zero-order valence-corrected chi connectivity index (χ0v) is 43.7. The first-order valence-electron chi connectivity index (χ1n) is 25.0. The Morgan fingerprint density at radius 1 is 0.838 bits per heavy atom. The number of rotatable bonds is 18. The lowest BCUT2D eigenvalue weighted by Gasteiger charge is -2.35. The van der Waals surface area contributed by atoms with E-state index in [1.807, 2.05) is 93.9 Å². The fraction of sp³-hybridized carbons (Fsp3) is 0.418. The van der Waals surface area contributed by atoms with E-state index in [1.54, 1.807) is 42.0 Å². The smallest absolute Gasteiger partial charge is 0.255 e. The molecular weight excluding hydrogens is 981 g/mol. The molecule has 0 unspecified atom stereocenters. The fourth-order valence-electron chi connectivity index (χ4n) is 10.6. The van der Waals surface area contributed by atoms with Gasteiger partial charge in [0.2, 0.25) is 23.6 Å². The maximum absolute atomic E-state index is 14.6. The third-order valence-corrected chi connectivity index (χ3v) is 16.5. The summed E-state index contributed by atoms with van der Waals surface area (Å²) in [5.41, 5.74) is 9.32. The topological polar surface area (TPSA) is 232 Å². The number of hydrogen-bond acceptors (Lipinski definition) is 14. The number of amides is 5. The summed E-state index contributed by atoms with van der Waals surface area (Å²) in [6, 6.07) is 21.7. The highest BCUT2D eigenvalue weighted by Crippen LogP contribution is 2.37. The zero-order chi connectivity index (χ0) is 52.4. The van der Waals surface area contributed by atoms with Crippen LogP contribution in [0.3, 0.4) is 0 Å². The van der Waals surface area contributed by atoms with E-state index in [9.17, 15) is 39.3 Å². The van der Waals surface area contributed by atoms with Crippen molar-refractivity contribution in [1.29, 1.82) is 0 Å². The molecule has 2 saturated heterocycles. The number of nitrogens with zero attached hydrogens (tertiary/aromatic N) is 6. The van der Waals surface area contributed by atoms with Gasteiger partial charge in [0.15, 0.2) is 0 Å². The average Bonchev–Trinajstić information content (AvgIpc) is 4.28. The third-order valence-electron chi connectivity index (χ3n) is 14.6. The van der Waals surface area contributed by atoms with Crippen LogP contribution < -0.4 is 10.6 Å². The van der Waals surface area contributed by atoms with Crippen molar-refractivity contribution in [2.75, 3.05) is 19.7 Å². The summed E-state index contributed by atoms with van der Waals surface area (Å²) < 4.78 is 5.73. The number of aliphatic hydroxyl groups is 3. The van der Waals surface area contributed by atoms with Crippen LogP contribution in [0, 0.1) is 25.7 Å². The van der Waals surface area contributed by atoms with Crippen LogP contribution in [0.15, 0.2) is 94.4 Å². The van der Waals surface area contributed by atoms with E-state index in [4.69, 9.17) is 9.51 Å². The molecule has 0 spiro atoms. The number of β-amino-alcohol motifs (C(OH)–C–C–N with tert-alkyl or cyclic N) is 2. The van der Waals surface area contributed by atoms with E-state index >= 15 is 0 Å². The van der Waals surface area contributed by atoms with Crippen molar-refractivity contribution >= 4 is 52.2 Å². The minimum Gasteiger partial charge on any atom is -0.393 e. The molecule has 0 radical (unpaired) electrons. The van der Waals surface area contributed by atoms with Crippen molar-refractivity contribution in [3.63, 3.8) is 0 Å². The predicted molar refractivity (Wildman–Crippen MR) is 278 cm³/mol. The summed E-state index contributed by atoms with van der Waals surface area (Å²) in [5.74, 6) is -2.86. The molecule has 3 aliphatic heterocycles. The monoisotopic (exact) mass is 1040 g/mol. The van der Waals surface area contributed by atoms with Gasteiger partial charge in [0.1, 0.15) is 35.4 Å². The molecule has 0 bridgehead atoms. The molecule has 7 atom stereocenters. The van der Waals surface area contributed by atoms with E-state index in [2.05, 4.69) is 20.8 Å². The molecule has 3 aliphatic rings. The standard InChI is InChI=1S/C55H62N8O9S2/c1-31(2)47(62-25-39-8-6-7-9-41(39)52(62)68)54(70)63-27-55(71,28-64)22-44(63)51(67)57-24-36-13-17-38(18-14-36)49-42(59-30-74-49)19-10-32(3)46(45-20-33(4)60-72-45)53(69)61-26-40(65)21-43(61)50(66)56-23-35-11-15-37(16-12-35)48-34(5)58-29-73-48/h6-9,11-18,20,29-32,40,43-44,46-47,64-65,71H,10,19,21-28H2,1-5H3,(H,56,66)(H,57,67)/t32-,40-,43+,44+,46-,47+,55+/m1/s1. The highest BCUT2D eigenvalue weighted by Gasteiger charge is 2.51. The van der Waals surface area contributed by atoms with Gasteiger partial charge in [-0.1, -0.05) is 92.7 Å². The Balaban J connectivity index is 0.824. The molecule has 5 N–H and O–H groups in total. The normalized spacial score (nSPS) is 20.7. The number of likely N-dealkylation sites (tertiary alicyclic amines) is 2. The number of thiazole rings is 2. The highest BCUT2D eigenvalue weighted by molar-refractivity contribution is 7.13. The number of aliphatic hydroxyl groups excluding tert-OH is 2. The van der Waals surface area contributed by atoms with Crippen molar-refractivity contribution < 1.29 is 43.8 Å². The van der Waals surface area contributed by atoms with Crippen LogP contribution in [0.1, 0.15) is 95.8 Å². The minimum atomic E-state index is -1.69. The van der Waals surface area contributed by atoms with E-state index in [1.165, 1.54) is 26.0 Å². The molecule has 0 saturated carbocycles. The first kappa shape index (κ1) is 52.2. The van der Waals surface area contributed by atoms with Crippen LogP contribution in [0.4, 0.5) is 0 Å². The molecular formula is C55H62N8O9S2. The van der Waals surface area contributed by atoms with Gasteiger partial charge >= 0.3 is 0 Å². The molecule has 17 nitrogen and oxygen atoms in total. The molecule has 3 aromatic carbocycles. The highest BCUT2D eigenvalue weighted by atomic mass is 32.1. The number of aromatic nitrogens is 3. The molecule has 19 heteroatoms. The molecule has 74 heavy (non-hydrogen) atoms. The second-order valence-electron chi connectivity index (χ2n) is 20.3. The van der Waals surface area contributed by atoms with Crippen molar-refractivity contribution in [2.24, 2.45) is 11.8 Å². The summed E-state index contributed by atoms with van der Waals surface area (Å²) in [6.07, 6.45) is 0.132. The quantitative estimate of drug-likeness (QED) is 0.0689. The Kier molecular flexibility index (Phi) is 15.6. The lowest BCUT2D eigenvalue weighted by Crippen LogP contribution is -2.55. The summed E-state index contributed by atoms with van der Waals surface area (Å²) >= 11 is 3.06. The summed E-state index contributed by atoms with van der Waals surface area (Å²) in [4.78, 5) is 85.6. The lowest BCUT2D eigenvalue weighted by molar-refractivity contribution is -0.143. The van der Waals surface area contributed by atoms with Gasteiger partial charge in [-0.3, -0.25) is 24.0 Å². The van der Waals surface area contributed by atoms with Crippen molar-refractivity contribution in [2.45, 2.75) is 116 Å². The van der Waals surface area contributed by atoms with Crippen LogP contribution in [0.5, 0.6) is 0 Å². The maximum atomic E-state index is 14.6. The third kappa shape index (κ3) is 10.9. The second-order valence-corrected chi connectivity index (χ2v) is 22.0. The second kappa shape index (κ2) is 22.1. The molecule has 5 amide bonds. The predicted octanol–water partition coefficient (Wildman–Crippen LogP) is 5.79. The Morgan fingerprint density at radius 3 is 2.08 bits per heavy atom. The van der Waals surface area contributed by atoms with Gasteiger partial charge in [0.25, 0.3) is 5.91 Å². The molecule has 9 rings (SSSR count). The van der Waals surface area contributed by atoms with E-state index in [0.717, 1.165) is 49.0 Å².